The molecule has 2 rings (SSSR count). The summed E-state index contributed by atoms with van der Waals surface area (Å²) in [7, 11) is 3.02. The summed E-state index contributed by atoms with van der Waals surface area (Å²) in [5, 5.41) is 10.7. The Morgan fingerprint density at radius 2 is 1.80 bits per heavy atom. The summed E-state index contributed by atoms with van der Waals surface area (Å²) in [6.45, 7) is 0. The van der Waals surface area contributed by atoms with Crippen molar-refractivity contribution >= 4 is 11.6 Å². The standard InChI is InChI=1S/C15H14ClFO3/c1-19-10-4-5-11(14(8-10)20-2)15(18)12-7-9(17)3-6-13(12)16/h3-8,15,18H,1-2H3. The number of methoxy groups -OCH3 is 2. The quantitative estimate of drug-likeness (QED) is 0.937. The molecule has 0 bridgehead atoms. The van der Waals surface area contributed by atoms with Gasteiger partial charge in [0.05, 0.1) is 14.2 Å². The van der Waals surface area contributed by atoms with Gasteiger partial charge in [-0.1, -0.05) is 11.6 Å². The van der Waals surface area contributed by atoms with Gasteiger partial charge in [0.15, 0.2) is 0 Å². The van der Waals surface area contributed by atoms with Crippen molar-refractivity contribution in [2.75, 3.05) is 14.2 Å². The van der Waals surface area contributed by atoms with Crippen LogP contribution in [0.5, 0.6) is 11.5 Å². The molecule has 0 aromatic heterocycles. The molecule has 0 fully saturated rings. The highest BCUT2D eigenvalue weighted by Crippen LogP contribution is 2.35. The van der Waals surface area contributed by atoms with E-state index in [9.17, 15) is 9.50 Å². The largest absolute Gasteiger partial charge is 0.497 e. The Labute approximate surface area is 121 Å². The molecule has 0 aliphatic carbocycles. The van der Waals surface area contributed by atoms with E-state index in [4.69, 9.17) is 21.1 Å². The van der Waals surface area contributed by atoms with Crippen LogP contribution in [-0.4, -0.2) is 19.3 Å². The third-order valence-electron chi connectivity index (χ3n) is 2.99. The lowest BCUT2D eigenvalue weighted by molar-refractivity contribution is 0.214. The summed E-state index contributed by atoms with van der Waals surface area (Å²) in [5.74, 6) is 0.580. The van der Waals surface area contributed by atoms with Crippen molar-refractivity contribution in [3.8, 4) is 11.5 Å². The summed E-state index contributed by atoms with van der Waals surface area (Å²) in [6.07, 6.45) is -1.08. The number of halogens is 2. The van der Waals surface area contributed by atoms with Gasteiger partial charge in [-0.25, -0.2) is 4.39 Å². The van der Waals surface area contributed by atoms with Crippen molar-refractivity contribution in [3.05, 3.63) is 58.4 Å². The summed E-state index contributed by atoms with van der Waals surface area (Å²) >= 11 is 6.00. The summed E-state index contributed by atoms with van der Waals surface area (Å²) in [5.41, 5.74) is 0.774. The minimum Gasteiger partial charge on any atom is -0.497 e. The van der Waals surface area contributed by atoms with E-state index in [1.54, 1.807) is 18.2 Å². The fourth-order valence-corrected chi connectivity index (χ4v) is 2.16. The van der Waals surface area contributed by atoms with Crippen LogP contribution in [0.2, 0.25) is 5.02 Å². The minimum absolute atomic E-state index is 0.287. The zero-order chi connectivity index (χ0) is 14.7. The molecular weight excluding hydrogens is 283 g/mol. The molecule has 0 saturated heterocycles. The first-order valence-electron chi connectivity index (χ1n) is 5.91. The van der Waals surface area contributed by atoms with Crippen LogP contribution in [0.15, 0.2) is 36.4 Å². The van der Waals surface area contributed by atoms with Crippen molar-refractivity contribution in [2.45, 2.75) is 6.10 Å². The average Bonchev–Trinajstić information content (AvgIpc) is 2.48. The summed E-state index contributed by atoms with van der Waals surface area (Å²) in [6, 6.07) is 8.84. The molecule has 0 saturated carbocycles. The van der Waals surface area contributed by atoms with Gasteiger partial charge in [-0.15, -0.1) is 0 Å². The molecule has 1 N–H and O–H groups in total. The van der Waals surface area contributed by atoms with Gasteiger partial charge in [-0.3, -0.25) is 0 Å². The van der Waals surface area contributed by atoms with Crippen molar-refractivity contribution in [1.82, 2.24) is 0 Å². The SMILES string of the molecule is COc1ccc(C(O)c2cc(F)ccc2Cl)c(OC)c1. The molecule has 0 aliphatic rings. The number of ether oxygens (including phenoxy) is 2. The first-order valence-corrected chi connectivity index (χ1v) is 6.29. The number of benzene rings is 2. The molecule has 2 aromatic carbocycles. The van der Waals surface area contributed by atoms with Gasteiger partial charge in [0, 0.05) is 22.2 Å². The molecule has 0 aliphatic heterocycles. The number of hydrogen-bond donors (Lipinski definition) is 1. The lowest BCUT2D eigenvalue weighted by atomic mass is 10.00. The van der Waals surface area contributed by atoms with Gasteiger partial charge in [-0.2, -0.15) is 0 Å². The number of hydrogen-bond acceptors (Lipinski definition) is 3. The highest BCUT2D eigenvalue weighted by molar-refractivity contribution is 6.31. The van der Waals surface area contributed by atoms with Gasteiger partial charge >= 0.3 is 0 Å². The molecule has 0 heterocycles. The third kappa shape index (κ3) is 2.86. The second-order valence-electron chi connectivity index (χ2n) is 4.18. The molecule has 0 spiro atoms. The van der Waals surface area contributed by atoms with E-state index >= 15 is 0 Å². The molecule has 2 aromatic rings. The maximum atomic E-state index is 13.3. The van der Waals surface area contributed by atoms with E-state index in [1.807, 2.05) is 0 Å². The zero-order valence-corrected chi connectivity index (χ0v) is 11.8. The van der Waals surface area contributed by atoms with Crippen molar-refractivity contribution in [3.63, 3.8) is 0 Å². The van der Waals surface area contributed by atoms with E-state index in [1.165, 1.54) is 32.4 Å². The molecule has 20 heavy (non-hydrogen) atoms. The van der Waals surface area contributed by atoms with E-state index in [0.29, 0.717) is 17.1 Å². The van der Waals surface area contributed by atoms with Crippen molar-refractivity contribution < 1.29 is 19.0 Å². The van der Waals surface area contributed by atoms with Gasteiger partial charge in [-0.05, 0) is 30.3 Å². The maximum absolute atomic E-state index is 13.3. The van der Waals surface area contributed by atoms with Crippen molar-refractivity contribution in [2.24, 2.45) is 0 Å². The van der Waals surface area contributed by atoms with Gasteiger partial charge in [0.25, 0.3) is 0 Å². The van der Waals surface area contributed by atoms with Crippen LogP contribution in [0.25, 0.3) is 0 Å². The monoisotopic (exact) mass is 296 g/mol. The third-order valence-corrected chi connectivity index (χ3v) is 3.33. The molecular formula is C15H14ClFO3. The maximum Gasteiger partial charge on any atom is 0.128 e. The number of aliphatic hydroxyl groups is 1. The molecule has 106 valence electrons. The normalized spacial score (nSPS) is 12.1. The van der Waals surface area contributed by atoms with Crippen LogP contribution in [0.4, 0.5) is 4.39 Å². The summed E-state index contributed by atoms with van der Waals surface area (Å²) < 4.78 is 23.6. The second-order valence-corrected chi connectivity index (χ2v) is 4.58. The van der Waals surface area contributed by atoms with E-state index in [2.05, 4.69) is 0 Å². The van der Waals surface area contributed by atoms with Gasteiger partial charge in [0.1, 0.15) is 23.4 Å². The topological polar surface area (TPSA) is 38.7 Å². The number of rotatable bonds is 4. The highest BCUT2D eigenvalue weighted by atomic mass is 35.5. The smallest absolute Gasteiger partial charge is 0.128 e. The molecule has 0 radical (unpaired) electrons. The average molecular weight is 297 g/mol. The fraction of sp³-hybridized carbons (Fsp3) is 0.200. The van der Waals surface area contributed by atoms with Crippen LogP contribution in [0.3, 0.4) is 0 Å². The van der Waals surface area contributed by atoms with Crippen molar-refractivity contribution in [1.29, 1.82) is 0 Å². The van der Waals surface area contributed by atoms with E-state index in [0.717, 1.165) is 0 Å². The second kappa shape index (κ2) is 6.11. The minimum atomic E-state index is -1.08. The Balaban J connectivity index is 2.47. The Morgan fingerprint density at radius 3 is 2.45 bits per heavy atom. The Kier molecular flexibility index (Phi) is 4.47. The van der Waals surface area contributed by atoms with Crippen LogP contribution in [-0.2, 0) is 0 Å². The Hall–Kier alpha value is -1.78. The van der Waals surface area contributed by atoms with Gasteiger partial charge in [0.2, 0.25) is 0 Å². The summed E-state index contributed by atoms with van der Waals surface area (Å²) in [4.78, 5) is 0. The van der Waals surface area contributed by atoms with E-state index in [-0.39, 0.29) is 10.6 Å². The first-order chi connectivity index (χ1) is 9.56. The van der Waals surface area contributed by atoms with Crippen LogP contribution in [0.1, 0.15) is 17.2 Å². The molecule has 1 unspecified atom stereocenters. The molecule has 5 heteroatoms. The number of aliphatic hydroxyl groups excluding tert-OH is 1. The molecule has 1 atom stereocenters. The lowest BCUT2D eigenvalue weighted by Crippen LogP contribution is -2.04. The predicted molar refractivity (Wildman–Crippen MR) is 75.0 cm³/mol. The fourth-order valence-electron chi connectivity index (χ4n) is 1.94. The lowest BCUT2D eigenvalue weighted by Gasteiger charge is -2.17. The predicted octanol–water partition coefficient (Wildman–Crippen LogP) is 3.58. The molecule has 0 amide bonds. The van der Waals surface area contributed by atoms with Gasteiger partial charge < -0.3 is 14.6 Å². The van der Waals surface area contributed by atoms with Crippen LogP contribution in [0, 0.1) is 5.82 Å². The Morgan fingerprint density at radius 1 is 1.05 bits per heavy atom. The van der Waals surface area contributed by atoms with E-state index < -0.39 is 11.9 Å². The Bertz CT molecular complexity index is 616. The van der Waals surface area contributed by atoms with Crippen LogP contribution < -0.4 is 9.47 Å². The van der Waals surface area contributed by atoms with Crippen LogP contribution >= 0.6 is 11.6 Å². The molecule has 3 nitrogen and oxygen atoms in total. The zero-order valence-electron chi connectivity index (χ0n) is 11.1. The highest BCUT2D eigenvalue weighted by Gasteiger charge is 2.19. The first kappa shape index (κ1) is 14.6.